The smallest absolute Gasteiger partial charge is 0.162 e. The topological polar surface area (TPSA) is 35.6 Å². The van der Waals surface area contributed by atoms with E-state index in [0.29, 0.717) is 5.82 Å². The van der Waals surface area contributed by atoms with Gasteiger partial charge in [-0.3, -0.25) is 4.57 Å². The molecule has 234 valence electrons. The predicted octanol–water partition coefficient (Wildman–Crippen LogP) is 11.7. The van der Waals surface area contributed by atoms with Crippen molar-refractivity contribution < 1.29 is 0 Å². The minimum Gasteiger partial charge on any atom is -0.309 e. The monoisotopic (exact) mass is 638 g/mol. The van der Waals surface area contributed by atoms with Crippen LogP contribution in [-0.4, -0.2) is 19.1 Å². The molecule has 0 saturated heterocycles. The van der Waals surface area contributed by atoms with Crippen LogP contribution < -0.4 is 0 Å². The first kappa shape index (κ1) is 28.3. The SMILES string of the molecule is c1ccc(-c2cc(-n3c4ccccc4c4c(-c5cccc6c5c5ccccc5n6-c5ccccc5)cccc43)nc(-c3ccccc3)n2)cc1. The normalized spacial score (nSPS) is 11.6. The second-order valence-corrected chi connectivity index (χ2v) is 12.6. The van der Waals surface area contributed by atoms with Gasteiger partial charge in [0.05, 0.1) is 27.8 Å². The Balaban J connectivity index is 1.28. The van der Waals surface area contributed by atoms with E-state index >= 15 is 0 Å². The molecule has 0 aliphatic rings. The molecular formula is C46H30N4. The molecule has 0 aliphatic heterocycles. The molecule has 0 spiro atoms. The van der Waals surface area contributed by atoms with Crippen LogP contribution in [0.1, 0.15) is 0 Å². The molecule has 10 rings (SSSR count). The molecule has 50 heavy (non-hydrogen) atoms. The van der Waals surface area contributed by atoms with Crippen molar-refractivity contribution in [2.45, 2.75) is 0 Å². The van der Waals surface area contributed by atoms with E-state index in [0.717, 1.165) is 39.4 Å². The van der Waals surface area contributed by atoms with Crippen molar-refractivity contribution in [2.24, 2.45) is 0 Å². The predicted molar refractivity (Wildman–Crippen MR) is 207 cm³/mol. The zero-order valence-corrected chi connectivity index (χ0v) is 27.1. The Kier molecular flexibility index (Phi) is 6.46. The van der Waals surface area contributed by atoms with Crippen molar-refractivity contribution in [1.82, 2.24) is 19.1 Å². The van der Waals surface area contributed by atoms with E-state index in [1.807, 2.05) is 24.3 Å². The van der Waals surface area contributed by atoms with Gasteiger partial charge in [-0.15, -0.1) is 0 Å². The van der Waals surface area contributed by atoms with Crippen molar-refractivity contribution >= 4 is 43.6 Å². The van der Waals surface area contributed by atoms with Crippen LogP contribution in [-0.2, 0) is 0 Å². The van der Waals surface area contributed by atoms with E-state index in [4.69, 9.17) is 9.97 Å². The Morgan fingerprint density at radius 1 is 0.360 bits per heavy atom. The second-order valence-electron chi connectivity index (χ2n) is 12.6. The lowest BCUT2D eigenvalue weighted by Gasteiger charge is -2.12. The summed E-state index contributed by atoms with van der Waals surface area (Å²) in [7, 11) is 0. The van der Waals surface area contributed by atoms with E-state index in [-0.39, 0.29) is 0 Å². The van der Waals surface area contributed by atoms with Gasteiger partial charge in [0.2, 0.25) is 0 Å². The Morgan fingerprint density at radius 3 is 1.46 bits per heavy atom. The van der Waals surface area contributed by atoms with Crippen molar-refractivity contribution in [3.05, 3.63) is 182 Å². The van der Waals surface area contributed by atoms with Gasteiger partial charge in [0, 0.05) is 44.4 Å². The number of fused-ring (bicyclic) bond motifs is 6. The zero-order chi connectivity index (χ0) is 33.0. The molecule has 0 N–H and O–H groups in total. The Hall–Kier alpha value is -6.78. The molecule has 0 bridgehead atoms. The van der Waals surface area contributed by atoms with Gasteiger partial charge in [-0.1, -0.05) is 140 Å². The summed E-state index contributed by atoms with van der Waals surface area (Å²) < 4.78 is 4.69. The first-order valence-corrected chi connectivity index (χ1v) is 16.9. The van der Waals surface area contributed by atoms with Crippen molar-refractivity contribution in [3.8, 4) is 45.3 Å². The molecule has 0 amide bonds. The van der Waals surface area contributed by atoms with Gasteiger partial charge in [-0.25, -0.2) is 9.97 Å². The molecule has 0 fully saturated rings. The number of hydrogen-bond donors (Lipinski definition) is 0. The summed E-state index contributed by atoms with van der Waals surface area (Å²) in [5, 5.41) is 4.87. The molecule has 0 aliphatic carbocycles. The molecule has 3 aromatic heterocycles. The summed E-state index contributed by atoms with van der Waals surface area (Å²) in [6.45, 7) is 0. The highest BCUT2D eigenvalue weighted by Crippen LogP contribution is 2.44. The fourth-order valence-corrected chi connectivity index (χ4v) is 7.61. The molecule has 3 heterocycles. The minimum atomic E-state index is 0.697. The van der Waals surface area contributed by atoms with E-state index in [1.165, 1.54) is 43.7 Å². The highest BCUT2D eigenvalue weighted by Gasteiger charge is 2.21. The third-order valence-electron chi connectivity index (χ3n) is 9.74. The maximum absolute atomic E-state index is 5.25. The van der Waals surface area contributed by atoms with Gasteiger partial charge in [0.1, 0.15) is 5.82 Å². The minimum absolute atomic E-state index is 0.697. The van der Waals surface area contributed by atoms with Crippen molar-refractivity contribution in [2.75, 3.05) is 0 Å². The third-order valence-corrected chi connectivity index (χ3v) is 9.74. The first-order chi connectivity index (χ1) is 24.8. The molecule has 4 nitrogen and oxygen atoms in total. The quantitative estimate of drug-likeness (QED) is 0.188. The Bertz CT molecular complexity index is 2790. The molecule has 0 saturated carbocycles. The highest BCUT2D eigenvalue weighted by atomic mass is 15.1. The molecule has 0 radical (unpaired) electrons. The van der Waals surface area contributed by atoms with E-state index in [1.54, 1.807) is 0 Å². The molecule has 7 aromatic carbocycles. The largest absolute Gasteiger partial charge is 0.309 e. The lowest BCUT2D eigenvalue weighted by atomic mass is 9.95. The van der Waals surface area contributed by atoms with Crippen LogP contribution in [0.5, 0.6) is 0 Å². The second kappa shape index (κ2) is 11.4. The average Bonchev–Trinajstić information content (AvgIpc) is 3.72. The fraction of sp³-hybridized carbons (Fsp3) is 0. The van der Waals surface area contributed by atoms with Crippen LogP contribution in [0.25, 0.3) is 88.9 Å². The van der Waals surface area contributed by atoms with Gasteiger partial charge in [-0.05, 0) is 47.5 Å². The summed E-state index contributed by atoms with van der Waals surface area (Å²) in [6.07, 6.45) is 0. The number of hydrogen-bond acceptors (Lipinski definition) is 2. The third kappa shape index (κ3) is 4.39. The summed E-state index contributed by atoms with van der Waals surface area (Å²) in [5.74, 6) is 1.53. The summed E-state index contributed by atoms with van der Waals surface area (Å²) >= 11 is 0. The number of benzene rings is 7. The molecule has 4 heteroatoms. The van der Waals surface area contributed by atoms with Crippen LogP contribution >= 0.6 is 0 Å². The van der Waals surface area contributed by atoms with Gasteiger partial charge in [0.25, 0.3) is 0 Å². The first-order valence-electron chi connectivity index (χ1n) is 16.9. The molecule has 0 unspecified atom stereocenters. The van der Waals surface area contributed by atoms with Crippen LogP contribution in [0.4, 0.5) is 0 Å². The van der Waals surface area contributed by atoms with Gasteiger partial charge in [-0.2, -0.15) is 0 Å². The standard InChI is InChI=1S/C46H30N4/c1-4-16-31(17-5-1)38-30-43(48-46(47-38)32-18-6-2-7-19-32)50-40-27-13-11-23-37(40)45-35(25-15-29-42(45)50)34-24-14-28-41-44(34)36-22-10-12-26-39(36)49(41)33-20-8-3-9-21-33/h1-30H. The zero-order valence-electron chi connectivity index (χ0n) is 27.1. The molecule has 0 atom stereocenters. The van der Waals surface area contributed by atoms with E-state index in [9.17, 15) is 0 Å². The number of nitrogens with zero attached hydrogens (tertiary/aromatic N) is 4. The summed E-state index contributed by atoms with van der Waals surface area (Å²) in [4.78, 5) is 10.3. The van der Waals surface area contributed by atoms with Crippen LogP contribution in [0, 0.1) is 0 Å². The van der Waals surface area contributed by atoms with Crippen LogP contribution in [0.2, 0.25) is 0 Å². The van der Waals surface area contributed by atoms with E-state index < -0.39 is 0 Å². The molecular weight excluding hydrogens is 609 g/mol. The van der Waals surface area contributed by atoms with Crippen molar-refractivity contribution in [3.63, 3.8) is 0 Å². The van der Waals surface area contributed by atoms with Gasteiger partial charge in [0.15, 0.2) is 5.82 Å². The lowest BCUT2D eigenvalue weighted by Crippen LogP contribution is -2.02. The fourth-order valence-electron chi connectivity index (χ4n) is 7.61. The lowest BCUT2D eigenvalue weighted by molar-refractivity contribution is 1.05. The Labute approximate surface area is 289 Å². The van der Waals surface area contributed by atoms with Crippen molar-refractivity contribution in [1.29, 1.82) is 0 Å². The van der Waals surface area contributed by atoms with E-state index in [2.05, 4.69) is 167 Å². The van der Waals surface area contributed by atoms with Gasteiger partial charge >= 0.3 is 0 Å². The summed E-state index contributed by atoms with van der Waals surface area (Å²) in [6, 6.07) is 64.2. The Morgan fingerprint density at radius 2 is 0.840 bits per heavy atom. The van der Waals surface area contributed by atoms with Crippen LogP contribution in [0.15, 0.2) is 182 Å². The van der Waals surface area contributed by atoms with Gasteiger partial charge < -0.3 is 4.57 Å². The average molecular weight is 639 g/mol. The van der Waals surface area contributed by atoms with Crippen LogP contribution in [0.3, 0.4) is 0 Å². The number of rotatable bonds is 5. The number of aromatic nitrogens is 4. The molecule has 10 aromatic rings. The maximum Gasteiger partial charge on any atom is 0.162 e. The summed E-state index contributed by atoms with van der Waals surface area (Å²) in [5.41, 5.74) is 11.1. The number of para-hydroxylation sites is 3. The highest BCUT2D eigenvalue weighted by molar-refractivity contribution is 6.22. The maximum atomic E-state index is 5.25.